The molecule has 3 aromatic rings. The van der Waals surface area contributed by atoms with Crippen molar-refractivity contribution in [1.82, 2.24) is 4.57 Å². The van der Waals surface area contributed by atoms with Crippen molar-refractivity contribution in [3.05, 3.63) is 86.2 Å². The van der Waals surface area contributed by atoms with E-state index < -0.39 is 23.2 Å². The van der Waals surface area contributed by atoms with Gasteiger partial charge in [-0.2, -0.15) is 5.26 Å². The molecular weight excluding hydrogens is 452 g/mol. The number of benzene rings is 2. The lowest BCUT2D eigenvalue weighted by molar-refractivity contribution is -0.137. The number of hydrogen-bond acceptors (Lipinski definition) is 8. The minimum Gasteiger partial charge on any atom is -0.493 e. The lowest BCUT2D eigenvalue weighted by atomic mass is 9.83. The van der Waals surface area contributed by atoms with E-state index in [0.29, 0.717) is 5.56 Å². The van der Waals surface area contributed by atoms with Gasteiger partial charge in [-0.1, -0.05) is 36.4 Å². The van der Waals surface area contributed by atoms with E-state index >= 15 is 0 Å². The molecule has 0 fully saturated rings. The molecule has 0 aliphatic heterocycles. The largest absolute Gasteiger partial charge is 0.493 e. The highest BCUT2D eigenvalue weighted by atomic mass is 16.4. The summed E-state index contributed by atoms with van der Waals surface area (Å²) in [6, 6.07) is 12.8. The van der Waals surface area contributed by atoms with Gasteiger partial charge in [0.2, 0.25) is 5.88 Å². The monoisotopic (exact) mass is 470 g/mol. The fourth-order valence-electron chi connectivity index (χ4n) is 3.97. The van der Waals surface area contributed by atoms with E-state index in [-0.39, 0.29) is 64.4 Å². The van der Waals surface area contributed by atoms with Gasteiger partial charge in [-0.3, -0.25) is 23.7 Å². The van der Waals surface area contributed by atoms with E-state index in [2.05, 4.69) is 10.2 Å². The van der Waals surface area contributed by atoms with Crippen molar-refractivity contribution in [2.45, 2.75) is 26.3 Å². The Morgan fingerprint density at radius 3 is 2.31 bits per heavy atom. The van der Waals surface area contributed by atoms with Crippen LogP contribution in [-0.2, 0) is 11.3 Å². The second-order valence-electron chi connectivity index (χ2n) is 7.84. The lowest BCUT2D eigenvalue weighted by Crippen LogP contribution is -2.24. The number of ketones is 2. The van der Waals surface area contributed by atoms with Gasteiger partial charge in [0.15, 0.2) is 17.3 Å². The number of azo groups is 1. The highest BCUT2D eigenvalue weighted by Crippen LogP contribution is 2.36. The van der Waals surface area contributed by atoms with Gasteiger partial charge in [0.25, 0.3) is 5.56 Å². The molecule has 0 bridgehead atoms. The molecule has 10 heteroatoms. The Morgan fingerprint density at radius 1 is 1.00 bits per heavy atom. The Labute approximate surface area is 198 Å². The summed E-state index contributed by atoms with van der Waals surface area (Å²) < 4.78 is 0.869. The first-order valence-corrected chi connectivity index (χ1v) is 10.6. The maximum atomic E-state index is 13.2. The number of aliphatic carboxylic acids is 1. The summed E-state index contributed by atoms with van der Waals surface area (Å²) in [5.74, 6) is -2.38. The van der Waals surface area contributed by atoms with Crippen molar-refractivity contribution in [2.75, 3.05) is 0 Å². The molecule has 1 aliphatic carbocycles. The number of nitriles is 1. The summed E-state index contributed by atoms with van der Waals surface area (Å²) in [5.41, 5.74) is -0.310. The molecule has 0 atom stereocenters. The van der Waals surface area contributed by atoms with E-state index in [9.17, 15) is 29.5 Å². The van der Waals surface area contributed by atoms with Crippen LogP contribution in [0.4, 0.5) is 11.4 Å². The van der Waals surface area contributed by atoms with Crippen LogP contribution in [0, 0.1) is 18.3 Å². The summed E-state index contributed by atoms with van der Waals surface area (Å²) in [5, 5.41) is 37.2. The standard InChI is InChI=1S/C25H18N4O6/c1-13-17(12-26)24(34)29(11-5-10-19(30)31)25(35)21(13)28-27-18-9-4-8-16-20(18)23(33)15-7-3-2-6-14(15)22(16)32/h2-4,6-9,35H,5,10-11H2,1H3,(H,30,31). The molecule has 35 heavy (non-hydrogen) atoms. The van der Waals surface area contributed by atoms with Crippen LogP contribution in [0.2, 0.25) is 0 Å². The van der Waals surface area contributed by atoms with Crippen LogP contribution >= 0.6 is 0 Å². The highest BCUT2D eigenvalue weighted by molar-refractivity contribution is 6.29. The predicted molar refractivity (Wildman–Crippen MR) is 123 cm³/mol. The van der Waals surface area contributed by atoms with E-state index in [0.717, 1.165) is 4.57 Å². The first-order valence-electron chi connectivity index (χ1n) is 10.6. The molecule has 10 nitrogen and oxygen atoms in total. The molecule has 0 amide bonds. The van der Waals surface area contributed by atoms with Crippen LogP contribution in [-0.4, -0.2) is 32.3 Å². The Bertz CT molecular complexity index is 1540. The van der Waals surface area contributed by atoms with Gasteiger partial charge in [-0.15, -0.1) is 10.2 Å². The number of fused-ring (bicyclic) bond motifs is 2. The molecular formula is C25H18N4O6. The zero-order valence-electron chi connectivity index (χ0n) is 18.5. The molecule has 0 radical (unpaired) electrons. The van der Waals surface area contributed by atoms with Gasteiger partial charge in [0, 0.05) is 35.2 Å². The van der Waals surface area contributed by atoms with E-state index in [4.69, 9.17) is 5.11 Å². The van der Waals surface area contributed by atoms with Crippen molar-refractivity contribution < 1.29 is 24.6 Å². The number of nitrogens with zero attached hydrogens (tertiary/aromatic N) is 4. The van der Waals surface area contributed by atoms with Gasteiger partial charge in [0.05, 0.1) is 11.3 Å². The predicted octanol–water partition coefficient (Wildman–Crippen LogP) is 3.79. The molecule has 0 saturated heterocycles. The third-order valence-electron chi connectivity index (χ3n) is 5.73. The first kappa shape index (κ1) is 23.3. The topological polar surface area (TPSA) is 162 Å². The first-order chi connectivity index (χ1) is 16.8. The Morgan fingerprint density at radius 2 is 1.66 bits per heavy atom. The lowest BCUT2D eigenvalue weighted by Gasteiger charge is -2.18. The smallest absolute Gasteiger partial charge is 0.303 e. The van der Waals surface area contributed by atoms with Crippen LogP contribution in [0.3, 0.4) is 0 Å². The number of pyridine rings is 1. The zero-order valence-corrected chi connectivity index (χ0v) is 18.5. The average molecular weight is 470 g/mol. The second kappa shape index (κ2) is 9.15. The van der Waals surface area contributed by atoms with Crippen LogP contribution < -0.4 is 5.56 Å². The maximum Gasteiger partial charge on any atom is 0.303 e. The third kappa shape index (κ3) is 4.00. The minimum atomic E-state index is -1.07. The molecule has 0 unspecified atom stereocenters. The van der Waals surface area contributed by atoms with Gasteiger partial charge in [0.1, 0.15) is 11.6 Å². The molecule has 4 rings (SSSR count). The van der Waals surface area contributed by atoms with Crippen LogP contribution in [0.1, 0.15) is 55.8 Å². The van der Waals surface area contributed by atoms with Crippen molar-refractivity contribution >= 4 is 28.9 Å². The molecule has 1 aliphatic rings. The van der Waals surface area contributed by atoms with Crippen LogP contribution in [0.25, 0.3) is 0 Å². The summed E-state index contributed by atoms with van der Waals surface area (Å²) in [4.78, 5) is 49.5. The van der Waals surface area contributed by atoms with Gasteiger partial charge in [-0.25, -0.2) is 0 Å². The molecule has 2 N–H and O–H groups in total. The number of carboxylic acids is 1. The summed E-state index contributed by atoms with van der Waals surface area (Å²) >= 11 is 0. The molecule has 1 heterocycles. The molecule has 2 aromatic carbocycles. The normalized spacial score (nSPS) is 12.3. The number of aromatic nitrogens is 1. The number of aromatic hydroxyl groups is 1. The van der Waals surface area contributed by atoms with Crippen molar-refractivity contribution in [2.24, 2.45) is 10.2 Å². The van der Waals surface area contributed by atoms with Gasteiger partial charge < -0.3 is 10.2 Å². The fraction of sp³-hybridized carbons (Fsp3) is 0.160. The van der Waals surface area contributed by atoms with E-state index in [1.807, 2.05) is 0 Å². The number of rotatable bonds is 6. The number of carbonyl (C=O) groups is 3. The number of hydrogen-bond donors (Lipinski definition) is 2. The summed E-state index contributed by atoms with van der Waals surface area (Å²) in [7, 11) is 0. The molecule has 0 saturated carbocycles. The quantitative estimate of drug-likeness (QED) is 0.405. The van der Waals surface area contributed by atoms with Crippen molar-refractivity contribution in [3.8, 4) is 11.9 Å². The van der Waals surface area contributed by atoms with Crippen molar-refractivity contribution in [1.29, 1.82) is 5.26 Å². The Hall–Kier alpha value is -4.91. The van der Waals surface area contributed by atoms with Gasteiger partial charge in [-0.05, 0) is 19.4 Å². The SMILES string of the molecule is Cc1c(N=Nc2cccc3c2C(=O)c2ccccc2C3=O)c(O)n(CCCC(=O)O)c(=O)c1C#N. The number of carbonyl (C=O) groups excluding carboxylic acids is 2. The fourth-order valence-corrected chi connectivity index (χ4v) is 3.97. The Balaban J connectivity index is 1.81. The van der Waals surface area contributed by atoms with Crippen LogP contribution in [0.5, 0.6) is 5.88 Å². The average Bonchev–Trinajstić information content (AvgIpc) is 2.84. The van der Waals surface area contributed by atoms with Crippen molar-refractivity contribution in [3.63, 3.8) is 0 Å². The van der Waals surface area contributed by atoms with Crippen LogP contribution in [0.15, 0.2) is 57.5 Å². The summed E-state index contributed by atoms with van der Waals surface area (Å²) in [6.07, 6.45) is -0.207. The summed E-state index contributed by atoms with van der Waals surface area (Å²) in [6.45, 7) is 1.26. The molecule has 174 valence electrons. The number of carboxylic acid groups (broad SMARTS) is 1. The highest BCUT2D eigenvalue weighted by Gasteiger charge is 2.31. The minimum absolute atomic E-state index is 0.0372. The van der Waals surface area contributed by atoms with E-state index in [1.54, 1.807) is 36.4 Å². The van der Waals surface area contributed by atoms with E-state index in [1.165, 1.54) is 19.1 Å². The Kier molecular flexibility index (Phi) is 6.08. The maximum absolute atomic E-state index is 13.2. The zero-order chi connectivity index (χ0) is 25.3. The second-order valence-corrected chi connectivity index (χ2v) is 7.84. The molecule has 0 spiro atoms. The van der Waals surface area contributed by atoms with Gasteiger partial charge >= 0.3 is 5.97 Å². The third-order valence-corrected chi connectivity index (χ3v) is 5.73. The molecule has 1 aromatic heterocycles.